The zero-order valence-corrected chi connectivity index (χ0v) is 12.5. The Morgan fingerprint density at radius 2 is 1.52 bits per heavy atom. The molecule has 111 valence electrons. The average Bonchev–Trinajstić information content (AvgIpc) is 2.38. The Labute approximate surface area is 122 Å². The second kappa shape index (κ2) is 5.47. The van der Waals surface area contributed by atoms with E-state index in [0.29, 0.717) is 5.56 Å². The first kappa shape index (κ1) is 15.5. The quantitative estimate of drug-likeness (QED) is 0.799. The molecule has 0 aromatic heterocycles. The van der Waals surface area contributed by atoms with Gasteiger partial charge in [0.2, 0.25) is 0 Å². The molecule has 2 aromatic carbocycles. The molecular weight excluding hydrogens is 316 g/mol. The molecule has 0 fully saturated rings. The molecule has 21 heavy (non-hydrogen) atoms. The minimum atomic E-state index is -4.84. The van der Waals surface area contributed by atoms with Crippen molar-refractivity contribution in [3.63, 3.8) is 0 Å². The van der Waals surface area contributed by atoms with Crippen molar-refractivity contribution >= 4 is 20.2 Å². The summed E-state index contributed by atoms with van der Waals surface area (Å²) in [6.45, 7) is 1.61. The first-order chi connectivity index (χ1) is 9.70. The van der Waals surface area contributed by atoms with Crippen molar-refractivity contribution in [1.29, 1.82) is 0 Å². The number of hydrogen-bond acceptors (Lipinski definition) is 5. The van der Waals surface area contributed by atoms with Crippen LogP contribution in [0.25, 0.3) is 0 Å². The average molecular weight is 327 g/mol. The van der Waals surface area contributed by atoms with Crippen LogP contribution in [0.4, 0.5) is 0 Å². The van der Waals surface area contributed by atoms with Gasteiger partial charge in [0, 0.05) is 0 Å². The number of benzene rings is 2. The molecule has 1 radical (unpaired) electrons. The number of hydrogen-bond donors (Lipinski definition) is 0. The highest BCUT2D eigenvalue weighted by atomic mass is 32.2. The summed E-state index contributed by atoms with van der Waals surface area (Å²) in [5.41, 5.74) is 0.556. The molecule has 0 amide bonds. The molecule has 2 aromatic rings. The Morgan fingerprint density at radius 1 is 0.905 bits per heavy atom. The standard InChI is InChI=1S/C13H11O6S2/c1-10-7-8-13(20(14,15)16)12(9-10)19-21(17,18)11-5-3-2-4-6-11/h2-9H,1H3. The van der Waals surface area contributed by atoms with E-state index in [2.05, 4.69) is 0 Å². The van der Waals surface area contributed by atoms with Gasteiger partial charge in [0.05, 0.1) is 0 Å². The minimum Gasteiger partial charge on any atom is -0.377 e. The summed E-state index contributed by atoms with van der Waals surface area (Å²) in [4.78, 5) is -0.853. The van der Waals surface area contributed by atoms with Crippen molar-refractivity contribution in [3.05, 3.63) is 54.1 Å². The van der Waals surface area contributed by atoms with Crippen LogP contribution in [0.1, 0.15) is 5.56 Å². The lowest BCUT2D eigenvalue weighted by atomic mass is 10.2. The Morgan fingerprint density at radius 3 is 2.10 bits per heavy atom. The third-order valence-corrected chi connectivity index (χ3v) is 4.72. The Kier molecular flexibility index (Phi) is 4.04. The van der Waals surface area contributed by atoms with Crippen LogP contribution in [-0.4, -0.2) is 16.8 Å². The molecule has 0 aliphatic carbocycles. The predicted octanol–water partition coefficient (Wildman–Crippen LogP) is 1.88. The smallest absolute Gasteiger partial charge is 0.339 e. The van der Waals surface area contributed by atoms with Crippen LogP contribution < -0.4 is 4.18 Å². The van der Waals surface area contributed by atoms with Crippen LogP contribution in [0.3, 0.4) is 0 Å². The highest BCUT2D eigenvalue weighted by Crippen LogP contribution is 2.28. The van der Waals surface area contributed by atoms with Gasteiger partial charge in [-0.15, -0.1) is 0 Å². The molecule has 0 unspecified atom stereocenters. The molecule has 0 saturated carbocycles. The highest BCUT2D eigenvalue weighted by molar-refractivity contribution is 7.87. The molecule has 0 atom stereocenters. The summed E-state index contributed by atoms with van der Waals surface area (Å²) in [7, 11) is -9.06. The number of aryl methyl sites for hydroxylation is 1. The Hall–Kier alpha value is -1.90. The van der Waals surface area contributed by atoms with Gasteiger partial charge < -0.3 is 4.18 Å². The monoisotopic (exact) mass is 327 g/mol. The molecular formula is C13H11O6S2. The van der Waals surface area contributed by atoms with Gasteiger partial charge >= 0.3 is 20.2 Å². The van der Waals surface area contributed by atoms with Gasteiger partial charge in [0.15, 0.2) is 5.75 Å². The zero-order valence-electron chi connectivity index (χ0n) is 10.9. The van der Waals surface area contributed by atoms with E-state index < -0.39 is 30.9 Å². The molecule has 0 saturated heterocycles. The molecule has 0 aliphatic rings. The highest BCUT2D eigenvalue weighted by Gasteiger charge is 2.24. The summed E-state index contributed by atoms with van der Waals surface area (Å²) in [6.07, 6.45) is 0. The molecule has 0 N–H and O–H groups in total. The van der Waals surface area contributed by atoms with E-state index in [-0.39, 0.29) is 4.90 Å². The topological polar surface area (TPSA) is 97.4 Å². The maximum absolute atomic E-state index is 12.1. The van der Waals surface area contributed by atoms with E-state index in [9.17, 15) is 21.4 Å². The summed E-state index contributed by atoms with van der Waals surface area (Å²) < 4.78 is 62.4. The van der Waals surface area contributed by atoms with Gasteiger partial charge in [-0.2, -0.15) is 16.8 Å². The summed E-state index contributed by atoms with van der Waals surface area (Å²) in [5, 5.41) is 0. The van der Waals surface area contributed by atoms with E-state index in [4.69, 9.17) is 4.18 Å². The fraction of sp³-hybridized carbons (Fsp3) is 0.0769. The lowest BCUT2D eigenvalue weighted by Crippen LogP contribution is -2.12. The second-order valence-electron chi connectivity index (χ2n) is 4.25. The summed E-state index contributed by atoms with van der Waals surface area (Å²) >= 11 is 0. The van der Waals surface area contributed by atoms with Crippen LogP contribution in [-0.2, 0) is 24.8 Å². The largest absolute Gasteiger partial charge is 0.377 e. The van der Waals surface area contributed by atoms with Gasteiger partial charge in [0.25, 0.3) is 0 Å². The van der Waals surface area contributed by atoms with E-state index in [1.165, 1.54) is 36.4 Å². The van der Waals surface area contributed by atoms with E-state index in [1.807, 2.05) is 0 Å². The molecule has 0 heterocycles. The molecule has 8 heteroatoms. The SMILES string of the molecule is Cc1ccc(S([O])(=O)=O)c(OS(=O)(=O)c2ccccc2)c1. The number of rotatable bonds is 4. The fourth-order valence-corrected chi connectivity index (χ4v) is 3.24. The van der Waals surface area contributed by atoms with E-state index in [1.54, 1.807) is 13.0 Å². The third-order valence-electron chi connectivity index (χ3n) is 2.60. The first-order valence-electron chi connectivity index (χ1n) is 5.76. The normalized spacial score (nSPS) is 12.1. The van der Waals surface area contributed by atoms with Crippen LogP contribution in [0, 0.1) is 6.92 Å². The Balaban J connectivity index is 2.52. The minimum absolute atomic E-state index is 0.138. The lowest BCUT2D eigenvalue weighted by Gasteiger charge is -2.10. The van der Waals surface area contributed by atoms with Crippen molar-refractivity contribution in [1.82, 2.24) is 0 Å². The van der Waals surface area contributed by atoms with Crippen molar-refractivity contribution in [2.24, 2.45) is 0 Å². The zero-order chi connectivity index (χ0) is 15.7. The molecule has 0 spiro atoms. The van der Waals surface area contributed by atoms with Crippen molar-refractivity contribution < 1.29 is 25.6 Å². The molecule has 6 nitrogen and oxygen atoms in total. The lowest BCUT2D eigenvalue weighted by molar-refractivity contribution is 0.410. The van der Waals surface area contributed by atoms with Crippen LogP contribution >= 0.6 is 0 Å². The van der Waals surface area contributed by atoms with Crippen LogP contribution in [0.2, 0.25) is 0 Å². The second-order valence-corrected chi connectivity index (χ2v) is 7.15. The first-order valence-corrected chi connectivity index (χ1v) is 8.58. The molecule has 2 rings (SSSR count). The maximum Gasteiger partial charge on any atom is 0.339 e. The van der Waals surface area contributed by atoms with Crippen LogP contribution in [0.5, 0.6) is 5.75 Å². The Bertz CT molecular complexity index is 855. The van der Waals surface area contributed by atoms with Gasteiger partial charge in [-0.05, 0) is 36.8 Å². The molecule has 0 aliphatic heterocycles. The molecule has 0 bridgehead atoms. The summed E-state index contributed by atoms with van der Waals surface area (Å²) in [6, 6.07) is 10.8. The maximum atomic E-state index is 12.1. The van der Waals surface area contributed by atoms with Gasteiger partial charge in [-0.25, -0.2) is 0 Å². The summed E-state index contributed by atoms with van der Waals surface area (Å²) in [5.74, 6) is -0.506. The van der Waals surface area contributed by atoms with E-state index >= 15 is 0 Å². The van der Waals surface area contributed by atoms with Crippen molar-refractivity contribution in [2.75, 3.05) is 0 Å². The third kappa shape index (κ3) is 3.60. The van der Waals surface area contributed by atoms with Crippen LogP contribution in [0.15, 0.2) is 58.3 Å². The van der Waals surface area contributed by atoms with Gasteiger partial charge in [0.1, 0.15) is 9.79 Å². The predicted molar refractivity (Wildman–Crippen MR) is 73.3 cm³/mol. The van der Waals surface area contributed by atoms with Gasteiger partial charge in [-0.1, -0.05) is 28.8 Å². The van der Waals surface area contributed by atoms with E-state index in [0.717, 1.165) is 6.07 Å². The fourth-order valence-electron chi connectivity index (χ4n) is 1.64. The van der Waals surface area contributed by atoms with Crippen molar-refractivity contribution in [2.45, 2.75) is 16.7 Å². The van der Waals surface area contributed by atoms with Gasteiger partial charge in [-0.3, -0.25) is 0 Å². The van der Waals surface area contributed by atoms with Crippen molar-refractivity contribution in [3.8, 4) is 5.75 Å².